The van der Waals surface area contributed by atoms with Crippen molar-refractivity contribution in [1.29, 1.82) is 0 Å². The summed E-state index contributed by atoms with van der Waals surface area (Å²) in [5.41, 5.74) is 4.51. The highest BCUT2D eigenvalue weighted by molar-refractivity contribution is 8.19. The zero-order valence-electron chi connectivity index (χ0n) is 12.0. The highest BCUT2D eigenvalue weighted by atomic mass is 32.2. The first kappa shape index (κ1) is 13.8. The van der Waals surface area contributed by atoms with Gasteiger partial charge in [0.15, 0.2) is 0 Å². The maximum Gasteiger partial charge on any atom is 0.284 e. The number of hydrogen-bond acceptors (Lipinski definition) is 2. The molecule has 1 amide bonds. The second-order valence-corrected chi connectivity index (χ2v) is 6.07. The van der Waals surface area contributed by atoms with E-state index in [-0.39, 0.29) is 5.91 Å². The zero-order chi connectivity index (χ0) is 14.8. The zero-order valence-corrected chi connectivity index (χ0v) is 12.8. The average Bonchev–Trinajstić information content (AvgIpc) is 2.85. The summed E-state index contributed by atoms with van der Waals surface area (Å²) in [5, 5.41) is 0.774. The Bertz CT molecular complexity index is 760. The van der Waals surface area contributed by atoms with Gasteiger partial charge in [-0.3, -0.25) is 4.79 Å². The van der Waals surface area contributed by atoms with Gasteiger partial charge >= 0.3 is 0 Å². The van der Waals surface area contributed by atoms with E-state index in [1.165, 1.54) is 22.9 Å². The summed E-state index contributed by atoms with van der Waals surface area (Å²) in [5.74, 6) is -0.155. The molecule has 21 heavy (non-hydrogen) atoms. The molecular formula is C18H15NOS. The lowest BCUT2D eigenvalue weighted by molar-refractivity contribution is -0.113. The Hall–Kier alpha value is -2.13. The highest BCUT2D eigenvalue weighted by Gasteiger charge is 2.22. The Kier molecular flexibility index (Phi) is 3.76. The standard InChI is InChI=1S/C18H15NOS/c1-12-8-9-14(10-13(12)2)11-16-17(20)19-18(21-16)15-6-4-3-5-7-15/h3-11H,1-2H3/b16-11-. The number of rotatable bonds is 2. The molecule has 2 aromatic rings. The summed E-state index contributed by atoms with van der Waals surface area (Å²) in [6.07, 6.45) is 1.92. The molecule has 0 unspecified atom stereocenters. The van der Waals surface area contributed by atoms with Gasteiger partial charge in [0.25, 0.3) is 5.91 Å². The molecule has 1 heterocycles. The monoisotopic (exact) mass is 293 g/mol. The van der Waals surface area contributed by atoms with Crippen LogP contribution in [0.15, 0.2) is 58.4 Å². The normalized spacial score (nSPS) is 16.4. The number of hydrogen-bond donors (Lipinski definition) is 0. The SMILES string of the molecule is Cc1ccc(/C=C2\SC(c3ccccc3)=NC2=O)cc1C. The summed E-state index contributed by atoms with van der Waals surface area (Å²) in [6, 6.07) is 16.0. The van der Waals surface area contributed by atoms with Gasteiger partial charge < -0.3 is 0 Å². The topological polar surface area (TPSA) is 29.4 Å². The highest BCUT2D eigenvalue weighted by Crippen LogP contribution is 2.31. The third-order valence-corrected chi connectivity index (χ3v) is 4.50. The van der Waals surface area contributed by atoms with Crippen molar-refractivity contribution in [2.45, 2.75) is 13.8 Å². The number of nitrogens with zero attached hydrogens (tertiary/aromatic N) is 1. The fourth-order valence-electron chi connectivity index (χ4n) is 2.12. The van der Waals surface area contributed by atoms with Crippen molar-refractivity contribution in [2.75, 3.05) is 0 Å². The molecule has 3 rings (SSSR count). The Balaban J connectivity index is 1.87. The lowest BCUT2D eigenvalue weighted by Crippen LogP contribution is -1.89. The van der Waals surface area contributed by atoms with Gasteiger partial charge in [0.1, 0.15) is 5.04 Å². The average molecular weight is 293 g/mol. The fraction of sp³-hybridized carbons (Fsp3) is 0.111. The smallest absolute Gasteiger partial charge is 0.266 e. The number of benzene rings is 2. The number of carbonyl (C=O) groups is 1. The van der Waals surface area contributed by atoms with Crippen LogP contribution in [0.1, 0.15) is 22.3 Å². The number of thioether (sulfide) groups is 1. The van der Waals surface area contributed by atoms with Crippen LogP contribution in [0.2, 0.25) is 0 Å². The van der Waals surface area contributed by atoms with Crippen LogP contribution in [0.5, 0.6) is 0 Å². The molecule has 104 valence electrons. The predicted octanol–water partition coefficient (Wildman–Crippen LogP) is 4.36. The number of carbonyl (C=O) groups excluding carboxylic acids is 1. The first-order valence-electron chi connectivity index (χ1n) is 6.79. The van der Waals surface area contributed by atoms with Crippen LogP contribution < -0.4 is 0 Å². The van der Waals surface area contributed by atoms with Crippen molar-refractivity contribution >= 4 is 28.8 Å². The van der Waals surface area contributed by atoms with Gasteiger partial charge in [-0.15, -0.1) is 0 Å². The van der Waals surface area contributed by atoms with Crippen molar-refractivity contribution in [2.24, 2.45) is 4.99 Å². The molecule has 0 aromatic heterocycles. The lowest BCUT2D eigenvalue weighted by atomic mass is 10.1. The molecule has 0 N–H and O–H groups in total. The largest absolute Gasteiger partial charge is 0.284 e. The molecule has 0 atom stereocenters. The minimum absolute atomic E-state index is 0.155. The Labute approximate surface area is 128 Å². The maximum absolute atomic E-state index is 12.0. The second kappa shape index (κ2) is 5.70. The van der Waals surface area contributed by atoms with E-state index < -0.39 is 0 Å². The van der Waals surface area contributed by atoms with Crippen LogP contribution in [0.3, 0.4) is 0 Å². The molecule has 0 aliphatic carbocycles. The van der Waals surface area contributed by atoms with Gasteiger partial charge in [0.05, 0.1) is 4.91 Å². The number of amides is 1. The predicted molar refractivity (Wildman–Crippen MR) is 89.5 cm³/mol. The Morgan fingerprint density at radius 3 is 2.48 bits per heavy atom. The van der Waals surface area contributed by atoms with Crippen LogP contribution >= 0.6 is 11.8 Å². The summed E-state index contributed by atoms with van der Waals surface area (Å²) in [4.78, 5) is 16.9. The third-order valence-electron chi connectivity index (χ3n) is 3.47. The summed E-state index contributed by atoms with van der Waals surface area (Å²) >= 11 is 1.44. The van der Waals surface area contributed by atoms with E-state index in [0.29, 0.717) is 4.91 Å². The van der Waals surface area contributed by atoms with E-state index >= 15 is 0 Å². The maximum atomic E-state index is 12.0. The van der Waals surface area contributed by atoms with E-state index in [4.69, 9.17) is 0 Å². The van der Waals surface area contributed by atoms with Crippen molar-refractivity contribution in [3.63, 3.8) is 0 Å². The molecule has 3 heteroatoms. The molecule has 0 radical (unpaired) electrons. The molecule has 0 spiro atoms. The quantitative estimate of drug-likeness (QED) is 0.770. The van der Waals surface area contributed by atoms with Gasteiger partial charge in [0.2, 0.25) is 0 Å². The van der Waals surface area contributed by atoms with Gasteiger partial charge in [-0.05, 0) is 36.6 Å². The van der Waals surface area contributed by atoms with Crippen LogP contribution in [0.25, 0.3) is 6.08 Å². The van der Waals surface area contributed by atoms with Gasteiger partial charge in [-0.1, -0.05) is 60.3 Å². The van der Waals surface area contributed by atoms with Crippen molar-refractivity contribution < 1.29 is 4.79 Å². The molecule has 0 fully saturated rings. The summed E-state index contributed by atoms with van der Waals surface area (Å²) in [7, 11) is 0. The van der Waals surface area contributed by atoms with Crippen LogP contribution in [-0.4, -0.2) is 11.0 Å². The third kappa shape index (κ3) is 2.98. The minimum Gasteiger partial charge on any atom is -0.266 e. The molecule has 2 aromatic carbocycles. The lowest BCUT2D eigenvalue weighted by Gasteiger charge is -2.02. The van der Waals surface area contributed by atoms with E-state index in [0.717, 1.165) is 16.2 Å². The molecule has 1 aliphatic rings. The van der Waals surface area contributed by atoms with Crippen molar-refractivity contribution in [3.8, 4) is 0 Å². The number of aryl methyl sites for hydroxylation is 2. The summed E-state index contributed by atoms with van der Waals surface area (Å²) < 4.78 is 0. The van der Waals surface area contributed by atoms with E-state index in [9.17, 15) is 4.79 Å². The van der Waals surface area contributed by atoms with E-state index in [1.807, 2.05) is 42.5 Å². The van der Waals surface area contributed by atoms with Crippen LogP contribution in [0.4, 0.5) is 0 Å². The van der Waals surface area contributed by atoms with Gasteiger partial charge in [0, 0.05) is 5.56 Å². The first-order chi connectivity index (χ1) is 10.1. The van der Waals surface area contributed by atoms with Crippen LogP contribution in [-0.2, 0) is 4.79 Å². The molecular weight excluding hydrogens is 278 g/mol. The summed E-state index contributed by atoms with van der Waals surface area (Å²) in [6.45, 7) is 4.16. The van der Waals surface area contributed by atoms with E-state index in [2.05, 4.69) is 31.0 Å². The molecule has 0 saturated carbocycles. The minimum atomic E-state index is -0.155. The molecule has 2 nitrogen and oxygen atoms in total. The molecule has 1 aliphatic heterocycles. The first-order valence-corrected chi connectivity index (χ1v) is 7.60. The Morgan fingerprint density at radius 2 is 1.76 bits per heavy atom. The molecule has 0 bridgehead atoms. The Morgan fingerprint density at radius 1 is 1.00 bits per heavy atom. The van der Waals surface area contributed by atoms with Gasteiger partial charge in [-0.25, -0.2) is 4.99 Å². The van der Waals surface area contributed by atoms with E-state index in [1.54, 1.807) is 0 Å². The van der Waals surface area contributed by atoms with Crippen molar-refractivity contribution in [1.82, 2.24) is 0 Å². The van der Waals surface area contributed by atoms with Crippen molar-refractivity contribution in [3.05, 3.63) is 75.7 Å². The molecule has 0 saturated heterocycles. The number of aliphatic imine (C=N–C) groups is 1. The van der Waals surface area contributed by atoms with Gasteiger partial charge in [-0.2, -0.15) is 0 Å². The van der Waals surface area contributed by atoms with Crippen LogP contribution in [0, 0.1) is 13.8 Å². The second-order valence-electron chi connectivity index (χ2n) is 5.04. The fourth-order valence-corrected chi connectivity index (χ4v) is 3.04.